The van der Waals surface area contributed by atoms with Crippen LogP contribution in [-0.2, 0) is 4.79 Å². The van der Waals surface area contributed by atoms with Crippen molar-refractivity contribution in [3.63, 3.8) is 0 Å². The summed E-state index contributed by atoms with van der Waals surface area (Å²) in [6.45, 7) is 1.89. The fourth-order valence-electron chi connectivity index (χ4n) is 1.25. The molecular weight excluding hydrogens is 194 g/mol. The maximum atomic E-state index is 10.4. The summed E-state index contributed by atoms with van der Waals surface area (Å²) >= 11 is 0. The summed E-state index contributed by atoms with van der Waals surface area (Å²) in [4.78, 5) is 10.4. The van der Waals surface area contributed by atoms with E-state index in [1.807, 2.05) is 31.2 Å². The molecule has 0 amide bonds. The van der Waals surface area contributed by atoms with Crippen LogP contribution in [0.2, 0.25) is 0 Å². The molecule has 0 aromatic heterocycles. The second-order valence-electron chi connectivity index (χ2n) is 3.27. The number of ether oxygens (including phenoxy) is 1. The Kier molecular flexibility index (Phi) is 4.12. The summed E-state index contributed by atoms with van der Waals surface area (Å²) in [5, 5.41) is 11.4. The van der Waals surface area contributed by atoms with Gasteiger partial charge in [0.2, 0.25) is 0 Å². The highest BCUT2D eigenvalue weighted by Crippen LogP contribution is 2.16. The molecule has 1 aromatic rings. The third-order valence-corrected chi connectivity index (χ3v) is 2.18. The minimum absolute atomic E-state index is 0.0204. The number of nitrogens with one attached hydrogen (secondary N) is 1. The lowest BCUT2D eigenvalue weighted by Gasteiger charge is -2.12. The summed E-state index contributed by atoms with van der Waals surface area (Å²) in [5.74, 6) is -0.0560. The highest BCUT2D eigenvalue weighted by atomic mass is 16.5. The molecule has 0 heterocycles. The van der Waals surface area contributed by atoms with Crippen molar-refractivity contribution in [2.45, 2.75) is 13.0 Å². The van der Waals surface area contributed by atoms with Crippen LogP contribution in [0.15, 0.2) is 24.3 Å². The van der Waals surface area contributed by atoms with E-state index in [0.717, 1.165) is 11.3 Å². The monoisotopic (exact) mass is 209 g/mol. The van der Waals surface area contributed by atoms with Gasteiger partial charge in [0.05, 0.1) is 13.7 Å². The van der Waals surface area contributed by atoms with Crippen LogP contribution < -0.4 is 10.1 Å². The summed E-state index contributed by atoms with van der Waals surface area (Å²) < 4.78 is 5.03. The molecule has 0 fully saturated rings. The first kappa shape index (κ1) is 11.5. The van der Waals surface area contributed by atoms with Crippen LogP contribution in [0.4, 0.5) is 0 Å². The molecule has 1 rings (SSSR count). The van der Waals surface area contributed by atoms with E-state index in [0.29, 0.717) is 0 Å². The Labute approximate surface area is 88.9 Å². The van der Waals surface area contributed by atoms with Crippen LogP contribution in [0.1, 0.15) is 18.5 Å². The van der Waals surface area contributed by atoms with Gasteiger partial charge in [-0.2, -0.15) is 0 Å². The van der Waals surface area contributed by atoms with E-state index in [4.69, 9.17) is 9.84 Å². The first-order valence-corrected chi connectivity index (χ1v) is 4.72. The van der Waals surface area contributed by atoms with Crippen molar-refractivity contribution in [2.75, 3.05) is 13.7 Å². The molecule has 1 aromatic carbocycles. The minimum Gasteiger partial charge on any atom is -0.497 e. The number of aliphatic carboxylic acids is 1. The van der Waals surface area contributed by atoms with Crippen molar-refractivity contribution in [3.8, 4) is 5.75 Å². The van der Waals surface area contributed by atoms with Gasteiger partial charge in [-0.3, -0.25) is 4.79 Å². The van der Waals surface area contributed by atoms with Crippen LogP contribution >= 0.6 is 0 Å². The lowest BCUT2D eigenvalue weighted by Crippen LogP contribution is -2.25. The largest absolute Gasteiger partial charge is 0.497 e. The smallest absolute Gasteiger partial charge is 0.317 e. The molecule has 0 saturated heterocycles. The number of rotatable bonds is 5. The Bertz CT molecular complexity index is 321. The third-order valence-electron chi connectivity index (χ3n) is 2.18. The average Bonchev–Trinajstić information content (AvgIpc) is 2.26. The zero-order chi connectivity index (χ0) is 11.3. The Morgan fingerprint density at radius 3 is 2.53 bits per heavy atom. The van der Waals surface area contributed by atoms with Gasteiger partial charge in [-0.15, -0.1) is 0 Å². The van der Waals surface area contributed by atoms with Gasteiger partial charge in [-0.1, -0.05) is 12.1 Å². The lowest BCUT2D eigenvalue weighted by atomic mass is 10.1. The number of methoxy groups -OCH3 is 1. The fourth-order valence-corrected chi connectivity index (χ4v) is 1.25. The topological polar surface area (TPSA) is 58.6 Å². The van der Waals surface area contributed by atoms with Crippen molar-refractivity contribution in [1.82, 2.24) is 5.32 Å². The summed E-state index contributed by atoms with van der Waals surface area (Å²) in [6.07, 6.45) is 0. The van der Waals surface area contributed by atoms with Crippen LogP contribution in [0.25, 0.3) is 0 Å². The first-order chi connectivity index (χ1) is 7.13. The second kappa shape index (κ2) is 5.36. The summed E-state index contributed by atoms with van der Waals surface area (Å²) in [6, 6.07) is 7.56. The van der Waals surface area contributed by atoms with Gasteiger partial charge in [-0.05, 0) is 24.6 Å². The van der Waals surface area contributed by atoms with Crippen LogP contribution in [0, 0.1) is 0 Å². The Balaban J connectivity index is 2.57. The Morgan fingerprint density at radius 1 is 1.47 bits per heavy atom. The molecule has 1 unspecified atom stereocenters. The number of carboxylic acid groups (broad SMARTS) is 1. The highest BCUT2D eigenvalue weighted by Gasteiger charge is 2.06. The van der Waals surface area contributed by atoms with Crippen molar-refractivity contribution in [1.29, 1.82) is 0 Å². The van der Waals surface area contributed by atoms with Crippen LogP contribution in [0.5, 0.6) is 5.75 Å². The number of hydrogen-bond acceptors (Lipinski definition) is 3. The third kappa shape index (κ3) is 3.59. The van der Waals surface area contributed by atoms with E-state index in [1.165, 1.54) is 0 Å². The van der Waals surface area contributed by atoms with Gasteiger partial charge in [0, 0.05) is 6.04 Å². The summed E-state index contributed by atoms with van der Waals surface area (Å²) in [7, 11) is 1.61. The predicted molar refractivity (Wildman–Crippen MR) is 57.0 cm³/mol. The van der Waals surface area contributed by atoms with Gasteiger partial charge in [0.25, 0.3) is 0 Å². The van der Waals surface area contributed by atoms with Gasteiger partial charge in [0.1, 0.15) is 5.75 Å². The van der Waals surface area contributed by atoms with Crippen LogP contribution in [0.3, 0.4) is 0 Å². The Morgan fingerprint density at radius 2 is 2.07 bits per heavy atom. The van der Waals surface area contributed by atoms with Gasteiger partial charge < -0.3 is 15.2 Å². The van der Waals surface area contributed by atoms with E-state index < -0.39 is 5.97 Å². The molecular formula is C11H15NO3. The van der Waals surface area contributed by atoms with Crippen molar-refractivity contribution in [2.24, 2.45) is 0 Å². The first-order valence-electron chi connectivity index (χ1n) is 4.72. The minimum atomic E-state index is -0.852. The standard InChI is InChI=1S/C11H15NO3/c1-8(12-7-11(13)14)9-3-5-10(15-2)6-4-9/h3-6,8,12H,7H2,1-2H3,(H,13,14). The number of carboxylic acids is 1. The van der Waals surface area contributed by atoms with E-state index in [2.05, 4.69) is 5.32 Å². The van der Waals surface area contributed by atoms with Gasteiger partial charge in [0.15, 0.2) is 0 Å². The van der Waals surface area contributed by atoms with Crippen molar-refractivity contribution in [3.05, 3.63) is 29.8 Å². The second-order valence-corrected chi connectivity index (χ2v) is 3.27. The SMILES string of the molecule is COc1ccc(C(C)NCC(=O)O)cc1. The quantitative estimate of drug-likeness (QED) is 0.770. The fraction of sp³-hybridized carbons (Fsp3) is 0.364. The molecule has 82 valence electrons. The van der Waals surface area contributed by atoms with E-state index in [9.17, 15) is 4.79 Å². The molecule has 0 spiro atoms. The Hall–Kier alpha value is -1.55. The predicted octanol–water partition coefficient (Wildman–Crippen LogP) is 1.43. The van der Waals surface area contributed by atoms with E-state index >= 15 is 0 Å². The van der Waals surface area contributed by atoms with E-state index in [1.54, 1.807) is 7.11 Å². The van der Waals surface area contributed by atoms with Crippen molar-refractivity contribution < 1.29 is 14.6 Å². The molecule has 0 aliphatic carbocycles. The van der Waals surface area contributed by atoms with Crippen LogP contribution in [-0.4, -0.2) is 24.7 Å². The van der Waals surface area contributed by atoms with E-state index in [-0.39, 0.29) is 12.6 Å². The molecule has 4 nitrogen and oxygen atoms in total. The van der Waals surface area contributed by atoms with Gasteiger partial charge >= 0.3 is 5.97 Å². The molecule has 2 N–H and O–H groups in total. The maximum absolute atomic E-state index is 10.4. The molecule has 0 aliphatic heterocycles. The number of hydrogen-bond donors (Lipinski definition) is 2. The molecule has 4 heteroatoms. The number of carbonyl (C=O) groups is 1. The molecule has 1 atom stereocenters. The highest BCUT2D eigenvalue weighted by molar-refractivity contribution is 5.69. The zero-order valence-electron chi connectivity index (χ0n) is 8.86. The number of benzene rings is 1. The van der Waals surface area contributed by atoms with Crippen molar-refractivity contribution >= 4 is 5.97 Å². The molecule has 0 bridgehead atoms. The lowest BCUT2D eigenvalue weighted by molar-refractivity contribution is -0.136. The molecule has 15 heavy (non-hydrogen) atoms. The average molecular weight is 209 g/mol. The normalized spacial score (nSPS) is 12.1. The zero-order valence-corrected chi connectivity index (χ0v) is 8.86. The molecule has 0 aliphatic rings. The van der Waals surface area contributed by atoms with Gasteiger partial charge in [-0.25, -0.2) is 0 Å². The maximum Gasteiger partial charge on any atom is 0.317 e. The molecule has 0 saturated carbocycles. The summed E-state index contributed by atoms with van der Waals surface area (Å²) in [5.41, 5.74) is 1.04. The molecule has 0 radical (unpaired) electrons.